The SMILES string of the molecule is CC1CCCCCC1NCc1cc(Cl)ccc1[N+](=O)[O-]. The van der Waals surface area contributed by atoms with Crippen LogP contribution in [-0.4, -0.2) is 11.0 Å². The van der Waals surface area contributed by atoms with Gasteiger partial charge in [-0.3, -0.25) is 10.1 Å². The van der Waals surface area contributed by atoms with E-state index in [9.17, 15) is 10.1 Å². The Balaban J connectivity index is 2.05. The van der Waals surface area contributed by atoms with E-state index < -0.39 is 0 Å². The van der Waals surface area contributed by atoms with E-state index >= 15 is 0 Å². The molecular formula is C15H21ClN2O2. The molecular weight excluding hydrogens is 276 g/mol. The predicted molar refractivity (Wildman–Crippen MR) is 81.0 cm³/mol. The van der Waals surface area contributed by atoms with Gasteiger partial charge in [0.2, 0.25) is 0 Å². The molecule has 20 heavy (non-hydrogen) atoms. The Labute approximate surface area is 124 Å². The van der Waals surface area contributed by atoms with E-state index in [2.05, 4.69) is 12.2 Å². The first-order chi connectivity index (χ1) is 9.58. The summed E-state index contributed by atoms with van der Waals surface area (Å²) in [6.07, 6.45) is 6.20. The minimum atomic E-state index is -0.343. The van der Waals surface area contributed by atoms with Gasteiger partial charge in [-0.05, 0) is 30.9 Å². The third-order valence-electron chi connectivity index (χ3n) is 4.15. The topological polar surface area (TPSA) is 55.2 Å². The first-order valence-electron chi connectivity index (χ1n) is 7.24. The minimum Gasteiger partial charge on any atom is -0.309 e. The summed E-state index contributed by atoms with van der Waals surface area (Å²) in [6.45, 7) is 2.77. The Hall–Kier alpha value is -1.13. The van der Waals surface area contributed by atoms with E-state index in [1.54, 1.807) is 12.1 Å². The smallest absolute Gasteiger partial charge is 0.273 e. The van der Waals surface area contributed by atoms with Crippen molar-refractivity contribution in [2.75, 3.05) is 0 Å². The molecule has 4 nitrogen and oxygen atoms in total. The van der Waals surface area contributed by atoms with Crippen molar-refractivity contribution in [3.05, 3.63) is 38.9 Å². The lowest BCUT2D eigenvalue weighted by molar-refractivity contribution is -0.385. The van der Waals surface area contributed by atoms with E-state index in [1.807, 2.05) is 0 Å². The predicted octanol–water partition coefficient (Wildman–Crippen LogP) is 4.31. The lowest BCUT2D eigenvalue weighted by Crippen LogP contribution is -2.33. The Kier molecular flexibility index (Phi) is 5.38. The van der Waals surface area contributed by atoms with Crippen LogP contribution in [0.2, 0.25) is 5.02 Å². The first kappa shape index (κ1) is 15.3. The fourth-order valence-corrected chi connectivity index (χ4v) is 3.11. The third-order valence-corrected chi connectivity index (χ3v) is 4.39. The zero-order chi connectivity index (χ0) is 14.5. The van der Waals surface area contributed by atoms with Gasteiger partial charge >= 0.3 is 0 Å². The zero-order valence-corrected chi connectivity index (χ0v) is 12.5. The molecule has 1 aliphatic carbocycles. The van der Waals surface area contributed by atoms with Gasteiger partial charge in [-0.1, -0.05) is 37.8 Å². The molecule has 1 N–H and O–H groups in total. The molecule has 0 aliphatic heterocycles. The number of rotatable bonds is 4. The summed E-state index contributed by atoms with van der Waals surface area (Å²) in [5, 5.41) is 15.1. The van der Waals surface area contributed by atoms with Crippen molar-refractivity contribution >= 4 is 17.3 Å². The van der Waals surface area contributed by atoms with Gasteiger partial charge in [0.15, 0.2) is 0 Å². The van der Waals surface area contributed by atoms with E-state index in [-0.39, 0.29) is 10.6 Å². The normalized spacial score (nSPS) is 23.3. The number of hydrogen-bond acceptors (Lipinski definition) is 3. The maximum absolute atomic E-state index is 11.0. The molecule has 0 saturated heterocycles. The van der Waals surface area contributed by atoms with Crippen molar-refractivity contribution < 1.29 is 4.92 Å². The van der Waals surface area contributed by atoms with Gasteiger partial charge in [0.25, 0.3) is 5.69 Å². The van der Waals surface area contributed by atoms with Crippen molar-refractivity contribution in [2.45, 2.75) is 51.6 Å². The molecule has 2 unspecified atom stereocenters. The number of benzene rings is 1. The Morgan fingerprint density at radius 3 is 2.85 bits per heavy atom. The monoisotopic (exact) mass is 296 g/mol. The molecule has 2 rings (SSSR count). The van der Waals surface area contributed by atoms with Crippen molar-refractivity contribution in [3.63, 3.8) is 0 Å². The van der Waals surface area contributed by atoms with Gasteiger partial charge in [0, 0.05) is 29.2 Å². The summed E-state index contributed by atoms with van der Waals surface area (Å²) in [4.78, 5) is 10.7. The molecule has 1 saturated carbocycles. The molecule has 0 bridgehead atoms. The minimum absolute atomic E-state index is 0.142. The fraction of sp³-hybridized carbons (Fsp3) is 0.600. The summed E-state index contributed by atoms with van der Waals surface area (Å²) >= 11 is 5.95. The van der Waals surface area contributed by atoms with Crippen LogP contribution in [0.4, 0.5) is 5.69 Å². The van der Waals surface area contributed by atoms with Gasteiger partial charge in [-0.2, -0.15) is 0 Å². The van der Waals surface area contributed by atoms with Crippen LogP contribution >= 0.6 is 11.6 Å². The van der Waals surface area contributed by atoms with Crippen LogP contribution in [0.5, 0.6) is 0 Å². The molecule has 2 atom stereocenters. The molecule has 0 aromatic heterocycles. The number of nitro benzene ring substituents is 1. The first-order valence-corrected chi connectivity index (χ1v) is 7.62. The summed E-state index contributed by atoms with van der Waals surface area (Å²) in [6, 6.07) is 5.18. The molecule has 1 aromatic carbocycles. The lowest BCUT2D eigenvalue weighted by atomic mass is 9.96. The summed E-state index contributed by atoms with van der Waals surface area (Å²) in [5.41, 5.74) is 0.808. The summed E-state index contributed by atoms with van der Waals surface area (Å²) in [7, 11) is 0. The maximum atomic E-state index is 11.0. The van der Waals surface area contributed by atoms with Crippen molar-refractivity contribution in [1.29, 1.82) is 0 Å². The molecule has 0 spiro atoms. The highest BCUT2D eigenvalue weighted by Gasteiger charge is 2.21. The molecule has 0 radical (unpaired) electrons. The van der Waals surface area contributed by atoms with Gasteiger partial charge in [0.05, 0.1) is 4.92 Å². The zero-order valence-electron chi connectivity index (χ0n) is 11.8. The van der Waals surface area contributed by atoms with E-state index in [0.29, 0.717) is 29.1 Å². The van der Waals surface area contributed by atoms with E-state index in [4.69, 9.17) is 11.6 Å². The fourth-order valence-electron chi connectivity index (χ4n) is 2.91. The molecule has 1 aromatic rings. The van der Waals surface area contributed by atoms with Crippen molar-refractivity contribution in [2.24, 2.45) is 5.92 Å². The molecule has 1 aliphatic rings. The van der Waals surface area contributed by atoms with Crippen LogP contribution in [0.25, 0.3) is 0 Å². The standard InChI is InChI=1S/C15H21ClN2O2/c1-11-5-3-2-4-6-14(11)17-10-12-9-13(16)7-8-15(12)18(19)20/h7-9,11,14,17H,2-6,10H2,1H3. The van der Waals surface area contributed by atoms with Crippen molar-refractivity contribution in [3.8, 4) is 0 Å². The van der Waals surface area contributed by atoms with Gasteiger partial charge in [0.1, 0.15) is 0 Å². The largest absolute Gasteiger partial charge is 0.309 e. The van der Waals surface area contributed by atoms with Crippen LogP contribution in [0.1, 0.15) is 44.6 Å². The van der Waals surface area contributed by atoms with Crippen LogP contribution in [0.3, 0.4) is 0 Å². The highest BCUT2D eigenvalue weighted by molar-refractivity contribution is 6.30. The molecule has 110 valence electrons. The van der Waals surface area contributed by atoms with Gasteiger partial charge < -0.3 is 5.32 Å². The van der Waals surface area contributed by atoms with Crippen LogP contribution in [0.15, 0.2) is 18.2 Å². The quantitative estimate of drug-likeness (QED) is 0.512. The average molecular weight is 297 g/mol. The van der Waals surface area contributed by atoms with E-state index in [0.717, 1.165) is 6.42 Å². The molecule has 5 heteroatoms. The van der Waals surface area contributed by atoms with Crippen LogP contribution in [-0.2, 0) is 6.54 Å². The molecule has 1 fully saturated rings. The second-order valence-electron chi connectivity index (χ2n) is 5.63. The second-order valence-corrected chi connectivity index (χ2v) is 6.07. The Bertz CT molecular complexity index is 479. The highest BCUT2D eigenvalue weighted by atomic mass is 35.5. The number of nitrogens with one attached hydrogen (secondary N) is 1. The summed E-state index contributed by atoms with van der Waals surface area (Å²) in [5.74, 6) is 0.621. The second kappa shape index (κ2) is 7.04. The number of hydrogen-bond donors (Lipinski definition) is 1. The lowest BCUT2D eigenvalue weighted by Gasteiger charge is -2.23. The average Bonchev–Trinajstić information content (AvgIpc) is 2.61. The highest BCUT2D eigenvalue weighted by Crippen LogP contribution is 2.26. The van der Waals surface area contributed by atoms with Gasteiger partial charge in [-0.25, -0.2) is 0 Å². The van der Waals surface area contributed by atoms with Gasteiger partial charge in [-0.15, -0.1) is 0 Å². The summed E-state index contributed by atoms with van der Waals surface area (Å²) < 4.78 is 0. The number of nitrogens with zero attached hydrogens (tertiary/aromatic N) is 1. The van der Waals surface area contributed by atoms with Crippen LogP contribution in [0, 0.1) is 16.0 Å². The maximum Gasteiger partial charge on any atom is 0.273 e. The van der Waals surface area contributed by atoms with E-state index in [1.165, 1.54) is 31.7 Å². The molecule has 0 amide bonds. The molecule has 0 heterocycles. The van der Waals surface area contributed by atoms with Crippen LogP contribution < -0.4 is 5.32 Å². The van der Waals surface area contributed by atoms with Crippen molar-refractivity contribution in [1.82, 2.24) is 5.32 Å². The Morgan fingerprint density at radius 2 is 2.10 bits per heavy atom. The Morgan fingerprint density at radius 1 is 1.35 bits per heavy atom. The third kappa shape index (κ3) is 3.93. The number of nitro groups is 1. The number of halogens is 1.